The molecule has 2 aliphatic heterocycles. The summed E-state index contributed by atoms with van der Waals surface area (Å²) in [7, 11) is 0. The highest BCUT2D eigenvalue weighted by molar-refractivity contribution is 6.06. The van der Waals surface area contributed by atoms with Crippen LogP contribution in [0.4, 0.5) is 5.69 Å². The van der Waals surface area contributed by atoms with Gasteiger partial charge in [0.05, 0.1) is 65.9 Å². The Hall–Kier alpha value is -2.90. The summed E-state index contributed by atoms with van der Waals surface area (Å²) >= 11 is 0. The molecule has 0 bridgehead atoms. The van der Waals surface area contributed by atoms with Crippen LogP contribution in [0.15, 0.2) is 18.2 Å². The molecule has 3 rings (SSSR count). The first-order valence-electron chi connectivity index (χ1n) is 12.0. The zero-order valence-electron chi connectivity index (χ0n) is 20.2. The quantitative estimate of drug-likeness (QED) is 0.205. The maximum atomic E-state index is 12.9. The summed E-state index contributed by atoms with van der Waals surface area (Å²) in [5.41, 5.74) is 1.61. The molecule has 2 heterocycles. The Morgan fingerprint density at radius 2 is 1.61 bits per heavy atom. The molecule has 1 unspecified atom stereocenters. The van der Waals surface area contributed by atoms with Crippen LogP contribution in [0.2, 0.25) is 0 Å². The molecule has 1 aromatic rings. The molecule has 12 nitrogen and oxygen atoms in total. The van der Waals surface area contributed by atoms with Gasteiger partial charge in [0.1, 0.15) is 6.04 Å². The number of carbonyl (C=O) groups is 4. The zero-order chi connectivity index (χ0) is 25.8. The Morgan fingerprint density at radius 3 is 2.25 bits per heavy atom. The molecule has 4 amide bonds. The summed E-state index contributed by atoms with van der Waals surface area (Å²) in [6, 6.07) is 4.35. The van der Waals surface area contributed by atoms with Crippen LogP contribution in [0.25, 0.3) is 0 Å². The topological polar surface area (TPSA) is 153 Å². The number of ether oxygens (including phenoxy) is 4. The molecule has 12 heteroatoms. The average Bonchev–Trinajstić information content (AvgIpc) is 3.19. The minimum absolute atomic E-state index is 0.00870. The minimum atomic E-state index is -0.709. The van der Waals surface area contributed by atoms with E-state index in [-0.39, 0.29) is 56.7 Å². The molecule has 1 aromatic carbocycles. The number of nitrogens with zero attached hydrogens (tertiary/aromatic N) is 1. The molecule has 2 aliphatic rings. The van der Waals surface area contributed by atoms with Crippen molar-refractivity contribution in [3.05, 3.63) is 29.3 Å². The summed E-state index contributed by atoms with van der Waals surface area (Å²) in [5, 5.41) is 13.7. The van der Waals surface area contributed by atoms with Gasteiger partial charge < -0.3 is 34.3 Å². The van der Waals surface area contributed by atoms with E-state index < -0.39 is 11.9 Å². The van der Waals surface area contributed by atoms with Crippen molar-refractivity contribution in [1.29, 1.82) is 0 Å². The number of fused-ring (bicyclic) bond motifs is 1. The van der Waals surface area contributed by atoms with Crippen LogP contribution in [0, 0.1) is 0 Å². The van der Waals surface area contributed by atoms with Crippen LogP contribution in [-0.4, -0.2) is 99.1 Å². The van der Waals surface area contributed by atoms with E-state index in [9.17, 15) is 19.2 Å². The van der Waals surface area contributed by atoms with Crippen LogP contribution < -0.4 is 10.6 Å². The normalized spacial score (nSPS) is 17.3. The second-order valence-corrected chi connectivity index (χ2v) is 8.20. The van der Waals surface area contributed by atoms with E-state index in [0.29, 0.717) is 63.1 Å². The van der Waals surface area contributed by atoms with Crippen LogP contribution in [-0.2, 0) is 39.9 Å². The van der Waals surface area contributed by atoms with Crippen molar-refractivity contribution in [3.8, 4) is 0 Å². The lowest BCUT2D eigenvalue weighted by Crippen LogP contribution is -2.52. The smallest absolute Gasteiger partial charge is 0.255 e. The number of hydrogen-bond donors (Lipinski definition) is 3. The molecule has 1 fully saturated rings. The molecule has 3 N–H and O–H groups in total. The lowest BCUT2D eigenvalue weighted by molar-refractivity contribution is -0.137. The molecule has 1 atom stereocenters. The SMILES string of the molecule is O=C1CCC(N2Cc3c(NC(=O)CCOCCOCCOCCOCCO)cccc3C2=O)C(=O)N1. The van der Waals surface area contributed by atoms with E-state index >= 15 is 0 Å². The average molecular weight is 508 g/mol. The third-order valence-corrected chi connectivity index (χ3v) is 5.68. The third kappa shape index (κ3) is 8.07. The van der Waals surface area contributed by atoms with Crippen LogP contribution in [0.5, 0.6) is 0 Å². The van der Waals surface area contributed by atoms with Crippen LogP contribution in [0.1, 0.15) is 35.2 Å². The van der Waals surface area contributed by atoms with E-state index in [1.807, 2.05) is 0 Å². The second-order valence-electron chi connectivity index (χ2n) is 8.20. The zero-order valence-corrected chi connectivity index (χ0v) is 20.2. The van der Waals surface area contributed by atoms with Gasteiger partial charge in [-0.05, 0) is 18.6 Å². The summed E-state index contributed by atoms with van der Waals surface area (Å²) in [6.07, 6.45) is 0.590. The summed E-state index contributed by atoms with van der Waals surface area (Å²) < 4.78 is 21.2. The van der Waals surface area contributed by atoms with Crippen LogP contribution in [0.3, 0.4) is 0 Å². The Balaban J connectivity index is 1.32. The van der Waals surface area contributed by atoms with Crippen molar-refractivity contribution in [3.63, 3.8) is 0 Å². The van der Waals surface area contributed by atoms with Gasteiger partial charge in [0, 0.05) is 29.8 Å². The van der Waals surface area contributed by atoms with Gasteiger partial charge in [-0.15, -0.1) is 0 Å². The number of aliphatic hydroxyl groups excluding tert-OH is 1. The number of rotatable bonds is 16. The molecule has 0 spiro atoms. The van der Waals surface area contributed by atoms with Gasteiger partial charge in [0.15, 0.2) is 0 Å². The van der Waals surface area contributed by atoms with Gasteiger partial charge in [0.25, 0.3) is 5.91 Å². The first kappa shape index (κ1) is 27.7. The summed E-state index contributed by atoms with van der Waals surface area (Å²) in [4.78, 5) is 50.4. The van der Waals surface area contributed by atoms with E-state index in [1.165, 1.54) is 4.90 Å². The van der Waals surface area contributed by atoms with Crippen molar-refractivity contribution in [2.24, 2.45) is 0 Å². The van der Waals surface area contributed by atoms with Crippen molar-refractivity contribution >= 4 is 29.3 Å². The molecule has 0 aromatic heterocycles. The molecular formula is C24H33N3O9. The maximum absolute atomic E-state index is 12.9. The highest BCUT2D eigenvalue weighted by atomic mass is 16.6. The number of nitrogens with one attached hydrogen (secondary N) is 2. The fourth-order valence-electron chi connectivity index (χ4n) is 3.91. The summed E-state index contributed by atoms with van der Waals surface area (Å²) in [6.45, 7) is 3.09. The molecule has 0 radical (unpaired) electrons. The first-order chi connectivity index (χ1) is 17.5. The van der Waals surface area contributed by atoms with E-state index in [0.717, 1.165) is 0 Å². The number of piperidine rings is 1. The number of aliphatic hydroxyl groups is 1. The fraction of sp³-hybridized carbons (Fsp3) is 0.583. The van der Waals surface area contributed by atoms with Crippen molar-refractivity contribution < 1.29 is 43.2 Å². The number of benzene rings is 1. The molecule has 0 aliphatic carbocycles. The Morgan fingerprint density at radius 1 is 0.972 bits per heavy atom. The largest absolute Gasteiger partial charge is 0.394 e. The van der Waals surface area contributed by atoms with Gasteiger partial charge in [0.2, 0.25) is 17.7 Å². The predicted octanol–water partition coefficient (Wildman–Crippen LogP) is -0.165. The number of carbonyl (C=O) groups excluding carboxylic acids is 4. The molecule has 36 heavy (non-hydrogen) atoms. The fourth-order valence-corrected chi connectivity index (χ4v) is 3.91. The van der Waals surface area contributed by atoms with Gasteiger partial charge in [-0.3, -0.25) is 24.5 Å². The number of amides is 4. The number of anilines is 1. The number of hydrogen-bond acceptors (Lipinski definition) is 9. The van der Waals surface area contributed by atoms with E-state index in [4.69, 9.17) is 24.1 Å². The second kappa shape index (κ2) is 14.6. The third-order valence-electron chi connectivity index (χ3n) is 5.68. The van der Waals surface area contributed by atoms with Gasteiger partial charge in [-0.25, -0.2) is 0 Å². The Kier molecular flexibility index (Phi) is 11.2. The van der Waals surface area contributed by atoms with E-state index in [1.54, 1.807) is 18.2 Å². The van der Waals surface area contributed by atoms with Crippen molar-refractivity contribution in [2.45, 2.75) is 31.8 Å². The number of imide groups is 1. The first-order valence-corrected chi connectivity index (χ1v) is 12.0. The lowest BCUT2D eigenvalue weighted by atomic mass is 10.0. The van der Waals surface area contributed by atoms with Crippen molar-refractivity contribution in [2.75, 3.05) is 64.8 Å². The lowest BCUT2D eigenvalue weighted by Gasteiger charge is -2.29. The summed E-state index contributed by atoms with van der Waals surface area (Å²) in [5.74, 6) is -1.36. The van der Waals surface area contributed by atoms with E-state index in [2.05, 4.69) is 10.6 Å². The highest BCUT2D eigenvalue weighted by Crippen LogP contribution is 2.32. The van der Waals surface area contributed by atoms with Crippen molar-refractivity contribution in [1.82, 2.24) is 10.2 Å². The van der Waals surface area contributed by atoms with Gasteiger partial charge in [-0.1, -0.05) is 6.07 Å². The molecule has 1 saturated heterocycles. The monoisotopic (exact) mass is 507 g/mol. The van der Waals surface area contributed by atoms with Gasteiger partial charge >= 0.3 is 0 Å². The van der Waals surface area contributed by atoms with Gasteiger partial charge in [-0.2, -0.15) is 0 Å². The molecule has 0 saturated carbocycles. The standard InChI is InChI=1S/C24H33N3O9/c28-7-9-34-11-13-36-15-14-35-12-10-33-8-6-22(30)25-19-3-1-2-17-18(19)16-27(24(17)32)20-4-5-21(29)26-23(20)31/h1-3,20,28H,4-16H2,(H,25,30)(H,26,29,31). The highest BCUT2D eigenvalue weighted by Gasteiger charge is 2.39. The maximum Gasteiger partial charge on any atom is 0.255 e. The predicted molar refractivity (Wildman–Crippen MR) is 126 cm³/mol. The van der Waals surface area contributed by atoms with Crippen LogP contribution >= 0.6 is 0 Å². The molecular weight excluding hydrogens is 474 g/mol. The Labute approximate surface area is 209 Å². The molecule has 198 valence electrons. The minimum Gasteiger partial charge on any atom is -0.394 e. The Bertz CT molecular complexity index is 924.